The second kappa shape index (κ2) is 6.55. The van der Waals surface area contributed by atoms with Crippen LogP contribution in [-0.4, -0.2) is 26.9 Å². The summed E-state index contributed by atoms with van der Waals surface area (Å²) in [4.78, 5) is 12.0. The van der Waals surface area contributed by atoms with Crippen molar-refractivity contribution in [1.29, 1.82) is 0 Å². The maximum atomic E-state index is 11.9. The summed E-state index contributed by atoms with van der Waals surface area (Å²) in [5, 5.41) is 11.3. The summed E-state index contributed by atoms with van der Waals surface area (Å²) in [7, 11) is -3.68. The first-order valence-corrected chi connectivity index (χ1v) is 8.56. The lowest BCUT2D eigenvalue weighted by Crippen LogP contribution is -2.33. The van der Waals surface area contributed by atoms with Gasteiger partial charge in [-0.15, -0.1) is 0 Å². The Morgan fingerprint density at radius 2 is 2.10 bits per heavy atom. The fourth-order valence-electron chi connectivity index (χ4n) is 2.48. The van der Waals surface area contributed by atoms with Crippen LogP contribution >= 0.6 is 0 Å². The van der Waals surface area contributed by atoms with Gasteiger partial charge in [0.2, 0.25) is 15.9 Å². The van der Waals surface area contributed by atoms with Crippen LogP contribution in [0.2, 0.25) is 0 Å². The van der Waals surface area contributed by atoms with Gasteiger partial charge in [-0.1, -0.05) is 12.1 Å². The van der Waals surface area contributed by atoms with Crippen LogP contribution in [-0.2, 0) is 14.8 Å². The number of primary sulfonamides is 1. The summed E-state index contributed by atoms with van der Waals surface area (Å²) < 4.78 is 22.4. The van der Waals surface area contributed by atoms with Crippen molar-refractivity contribution in [1.82, 2.24) is 10.6 Å². The van der Waals surface area contributed by atoms with E-state index in [2.05, 4.69) is 10.6 Å². The van der Waals surface area contributed by atoms with Gasteiger partial charge in [0.1, 0.15) is 0 Å². The highest BCUT2D eigenvalue weighted by Crippen LogP contribution is 2.16. The number of amides is 1. The van der Waals surface area contributed by atoms with Gasteiger partial charge in [0.05, 0.1) is 10.9 Å². The van der Waals surface area contributed by atoms with Gasteiger partial charge in [-0.05, 0) is 44.0 Å². The molecule has 1 aliphatic rings. The standard InChI is InChI=1S/C14H21N3O3S/c1-10(17-14(18)9-12-3-2-8-16-12)11-4-6-13(7-5-11)21(15,19)20/h4-7,10,12,16H,2-3,8-9H2,1H3,(H,17,18)(H2,15,19,20). The van der Waals surface area contributed by atoms with E-state index in [1.54, 1.807) is 12.1 Å². The molecule has 2 unspecified atom stereocenters. The molecule has 6 nitrogen and oxygen atoms in total. The highest BCUT2D eigenvalue weighted by atomic mass is 32.2. The minimum atomic E-state index is -3.68. The third kappa shape index (κ3) is 4.52. The fourth-order valence-corrected chi connectivity index (χ4v) is 3.00. The van der Waals surface area contributed by atoms with Gasteiger partial charge >= 0.3 is 0 Å². The molecule has 0 radical (unpaired) electrons. The van der Waals surface area contributed by atoms with Gasteiger partial charge in [-0.2, -0.15) is 0 Å². The molecular weight excluding hydrogens is 290 g/mol. The first kappa shape index (κ1) is 15.9. The molecule has 0 bridgehead atoms. The first-order chi connectivity index (χ1) is 9.86. The van der Waals surface area contributed by atoms with Crippen molar-refractivity contribution in [2.24, 2.45) is 5.14 Å². The molecule has 116 valence electrons. The highest BCUT2D eigenvalue weighted by Gasteiger charge is 2.19. The molecule has 0 aromatic heterocycles. The van der Waals surface area contributed by atoms with Crippen molar-refractivity contribution in [2.45, 2.75) is 43.2 Å². The zero-order valence-electron chi connectivity index (χ0n) is 12.0. The molecule has 1 fully saturated rings. The third-order valence-corrected chi connectivity index (χ3v) is 4.61. The second-order valence-corrected chi connectivity index (χ2v) is 6.96. The van der Waals surface area contributed by atoms with E-state index in [4.69, 9.17) is 5.14 Å². The summed E-state index contributed by atoms with van der Waals surface area (Å²) in [6, 6.07) is 6.32. The van der Waals surface area contributed by atoms with Crippen LogP contribution < -0.4 is 15.8 Å². The molecule has 2 atom stereocenters. The Kier molecular flexibility index (Phi) is 4.97. The molecule has 1 amide bonds. The molecule has 1 saturated heterocycles. The lowest BCUT2D eigenvalue weighted by atomic mass is 10.1. The van der Waals surface area contributed by atoms with E-state index in [0.29, 0.717) is 6.42 Å². The van der Waals surface area contributed by atoms with Crippen molar-refractivity contribution < 1.29 is 13.2 Å². The molecule has 1 aromatic rings. The Morgan fingerprint density at radius 1 is 1.43 bits per heavy atom. The Morgan fingerprint density at radius 3 is 2.62 bits per heavy atom. The van der Waals surface area contributed by atoms with Crippen LogP contribution in [0.25, 0.3) is 0 Å². The van der Waals surface area contributed by atoms with E-state index in [1.165, 1.54) is 12.1 Å². The number of hydrogen-bond donors (Lipinski definition) is 3. The normalized spacial score (nSPS) is 20.2. The average Bonchev–Trinajstić information content (AvgIpc) is 2.90. The lowest BCUT2D eigenvalue weighted by molar-refractivity contribution is -0.122. The predicted molar refractivity (Wildman–Crippen MR) is 80.0 cm³/mol. The van der Waals surface area contributed by atoms with Crippen LogP contribution in [0.5, 0.6) is 0 Å². The Labute approximate surface area is 125 Å². The Hall–Kier alpha value is -1.44. The van der Waals surface area contributed by atoms with Crippen molar-refractivity contribution >= 4 is 15.9 Å². The number of rotatable bonds is 5. The van der Waals surface area contributed by atoms with E-state index in [0.717, 1.165) is 24.9 Å². The van der Waals surface area contributed by atoms with Crippen molar-refractivity contribution in [3.8, 4) is 0 Å². The summed E-state index contributed by atoms with van der Waals surface area (Å²) in [6.45, 7) is 2.84. The van der Waals surface area contributed by atoms with E-state index in [9.17, 15) is 13.2 Å². The predicted octanol–water partition coefficient (Wildman–Crippen LogP) is 0.653. The van der Waals surface area contributed by atoms with Crippen LogP contribution in [0.1, 0.15) is 37.8 Å². The summed E-state index contributed by atoms with van der Waals surface area (Å²) in [5.74, 6) is -0.00239. The molecule has 7 heteroatoms. The molecule has 1 heterocycles. The van der Waals surface area contributed by atoms with Gasteiger partial charge in [0, 0.05) is 12.5 Å². The molecule has 4 N–H and O–H groups in total. The van der Waals surface area contributed by atoms with Gasteiger partial charge in [-0.25, -0.2) is 13.6 Å². The number of nitrogens with two attached hydrogens (primary N) is 1. The van der Waals surface area contributed by atoms with E-state index < -0.39 is 10.0 Å². The number of carbonyl (C=O) groups excluding carboxylic acids is 1. The minimum absolute atomic E-state index is 0.00239. The van der Waals surface area contributed by atoms with Crippen molar-refractivity contribution in [3.05, 3.63) is 29.8 Å². The fraction of sp³-hybridized carbons (Fsp3) is 0.500. The monoisotopic (exact) mass is 311 g/mol. The molecule has 1 aliphatic heterocycles. The molecule has 21 heavy (non-hydrogen) atoms. The largest absolute Gasteiger partial charge is 0.350 e. The Bertz CT molecular complexity index is 592. The lowest BCUT2D eigenvalue weighted by Gasteiger charge is -2.16. The van der Waals surface area contributed by atoms with E-state index >= 15 is 0 Å². The Balaban J connectivity index is 1.93. The van der Waals surface area contributed by atoms with Gasteiger partial charge in [0.15, 0.2) is 0 Å². The maximum Gasteiger partial charge on any atom is 0.238 e. The van der Waals surface area contributed by atoms with Crippen molar-refractivity contribution in [3.63, 3.8) is 0 Å². The maximum absolute atomic E-state index is 11.9. The molecule has 2 rings (SSSR count). The molecule has 0 saturated carbocycles. The number of carbonyl (C=O) groups is 1. The summed E-state index contributed by atoms with van der Waals surface area (Å²) in [5.41, 5.74) is 0.843. The second-order valence-electron chi connectivity index (χ2n) is 5.40. The number of nitrogens with one attached hydrogen (secondary N) is 2. The van der Waals surface area contributed by atoms with E-state index in [-0.39, 0.29) is 22.9 Å². The van der Waals surface area contributed by atoms with Crippen LogP contribution in [0.15, 0.2) is 29.2 Å². The van der Waals surface area contributed by atoms with Crippen LogP contribution in [0, 0.1) is 0 Å². The summed E-state index contributed by atoms with van der Waals surface area (Å²) in [6.07, 6.45) is 2.62. The average molecular weight is 311 g/mol. The number of sulfonamides is 1. The van der Waals surface area contributed by atoms with Gasteiger partial charge in [-0.3, -0.25) is 4.79 Å². The minimum Gasteiger partial charge on any atom is -0.350 e. The SMILES string of the molecule is CC(NC(=O)CC1CCCN1)c1ccc(S(N)(=O)=O)cc1. The quantitative estimate of drug-likeness (QED) is 0.743. The molecule has 0 spiro atoms. The molecule has 0 aliphatic carbocycles. The number of benzene rings is 1. The first-order valence-electron chi connectivity index (χ1n) is 7.02. The van der Waals surface area contributed by atoms with Gasteiger partial charge in [0.25, 0.3) is 0 Å². The van der Waals surface area contributed by atoms with Crippen LogP contribution in [0.4, 0.5) is 0 Å². The smallest absolute Gasteiger partial charge is 0.238 e. The zero-order valence-corrected chi connectivity index (χ0v) is 12.8. The summed E-state index contributed by atoms with van der Waals surface area (Å²) >= 11 is 0. The van der Waals surface area contributed by atoms with Gasteiger partial charge < -0.3 is 10.6 Å². The molecular formula is C14H21N3O3S. The topological polar surface area (TPSA) is 101 Å². The zero-order chi connectivity index (χ0) is 15.5. The third-order valence-electron chi connectivity index (χ3n) is 3.68. The molecule has 1 aromatic carbocycles. The highest BCUT2D eigenvalue weighted by molar-refractivity contribution is 7.89. The van der Waals surface area contributed by atoms with Crippen LogP contribution in [0.3, 0.4) is 0 Å². The number of hydrogen-bond acceptors (Lipinski definition) is 4. The van der Waals surface area contributed by atoms with Crippen molar-refractivity contribution in [2.75, 3.05) is 6.54 Å². The van der Waals surface area contributed by atoms with E-state index in [1.807, 2.05) is 6.92 Å².